The van der Waals surface area contributed by atoms with E-state index < -0.39 is 18.2 Å². The van der Waals surface area contributed by atoms with Crippen LogP contribution in [0.2, 0.25) is 0 Å². The highest BCUT2D eigenvalue weighted by molar-refractivity contribution is 5.89. The number of carbonyl (C=O) groups is 1. The summed E-state index contributed by atoms with van der Waals surface area (Å²) in [7, 11) is 0. The minimum atomic E-state index is -0.902. The van der Waals surface area contributed by atoms with Gasteiger partial charge in [0.15, 0.2) is 0 Å². The predicted molar refractivity (Wildman–Crippen MR) is 63.8 cm³/mol. The Balaban J connectivity index is 2.01. The standard InChI is InChI=1S/C12H13N3O3/c13-5-8-2-1-3-9(4-8)14-12(18)15-6-10(16)11(17)7-15/h1-4,10-11,16-17H,6-7H2,(H,14,18). The molecular formula is C12H13N3O3. The summed E-state index contributed by atoms with van der Waals surface area (Å²) in [5, 5.41) is 30.1. The van der Waals surface area contributed by atoms with Gasteiger partial charge in [-0.15, -0.1) is 0 Å². The fourth-order valence-electron chi connectivity index (χ4n) is 1.80. The molecule has 1 heterocycles. The third kappa shape index (κ3) is 2.59. The molecule has 0 aliphatic carbocycles. The molecular weight excluding hydrogens is 234 g/mol. The smallest absolute Gasteiger partial charge is 0.322 e. The molecule has 1 saturated heterocycles. The maximum atomic E-state index is 11.8. The molecule has 2 rings (SSSR count). The van der Waals surface area contributed by atoms with Gasteiger partial charge in [-0.1, -0.05) is 6.07 Å². The molecule has 0 spiro atoms. The number of likely N-dealkylation sites (tertiary alicyclic amines) is 1. The number of benzene rings is 1. The summed E-state index contributed by atoms with van der Waals surface area (Å²) >= 11 is 0. The van der Waals surface area contributed by atoms with Crippen LogP contribution in [0.3, 0.4) is 0 Å². The summed E-state index contributed by atoms with van der Waals surface area (Å²) in [5.74, 6) is 0. The summed E-state index contributed by atoms with van der Waals surface area (Å²) in [4.78, 5) is 13.1. The van der Waals surface area contributed by atoms with Crippen LogP contribution in [0, 0.1) is 11.3 Å². The Hall–Kier alpha value is -2.10. The highest BCUT2D eigenvalue weighted by Gasteiger charge is 2.32. The maximum Gasteiger partial charge on any atom is 0.322 e. The minimum Gasteiger partial charge on any atom is -0.388 e. The third-order valence-electron chi connectivity index (χ3n) is 2.79. The van der Waals surface area contributed by atoms with E-state index in [1.807, 2.05) is 6.07 Å². The van der Waals surface area contributed by atoms with E-state index >= 15 is 0 Å². The molecule has 3 N–H and O–H groups in total. The number of aliphatic hydroxyl groups is 2. The number of carbonyl (C=O) groups excluding carboxylic acids is 1. The summed E-state index contributed by atoms with van der Waals surface area (Å²) in [6, 6.07) is 8.11. The number of rotatable bonds is 1. The van der Waals surface area contributed by atoms with Crippen molar-refractivity contribution in [1.29, 1.82) is 5.26 Å². The number of nitrogens with one attached hydrogen (secondary N) is 1. The Morgan fingerprint density at radius 2 is 2.06 bits per heavy atom. The van der Waals surface area contributed by atoms with Crippen molar-refractivity contribution in [3.8, 4) is 6.07 Å². The van der Waals surface area contributed by atoms with Gasteiger partial charge in [-0.05, 0) is 18.2 Å². The van der Waals surface area contributed by atoms with Gasteiger partial charge in [-0.2, -0.15) is 5.26 Å². The van der Waals surface area contributed by atoms with Gasteiger partial charge in [0, 0.05) is 5.69 Å². The molecule has 6 nitrogen and oxygen atoms in total. The first-order valence-corrected chi connectivity index (χ1v) is 5.52. The second-order valence-corrected chi connectivity index (χ2v) is 4.16. The number of β-amino-alcohol motifs (C(OH)–C–C–N with tert-alkyl or cyclic N) is 2. The molecule has 0 aromatic heterocycles. The minimum absolute atomic E-state index is 0.102. The third-order valence-corrected chi connectivity index (χ3v) is 2.79. The highest BCUT2D eigenvalue weighted by Crippen LogP contribution is 2.14. The molecule has 0 radical (unpaired) electrons. The van der Waals surface area contributed by atoms with Gasteiger partial charge in [-0.25, -0.2) is 4.79 Å². The van der Waals surface area contributed by atoms with Crippen LogP contribution in [-0.2, 0) is 0 Å². The Kier molecular flexibility index (Phi) is 3.46. The van der Waals surface area contributed by atoms with Crippen LogP contribution in [0.15, 0.2) is 24.3 Å². The number of hydrogen-bond donors (Lipinski definition) is 3. The lowest BCUT2D eigenvalue weighted by Gasteiger charge is -2.16. The van der Waals surface area contributed by atoms with Crippen molar-refractivity contribution in [3.63, 3.8) is 0 Å². The Morgan fingerprint density at radius 1 is 1.39 bits per heavy atom. The number of hydrogen-bond acceptors (Lipinski definition) is 4. The molecule has 1 aromatic rings. The van der Waals surface area contributed by atoms with Crippen LogP contribution in [-0.4, -0.2) is 46.4 Å². The molecule has 1 aromatic carbocycles. The number of amides is 2. The van der Waals surface area contributed by atoms with Gasteiger partial charge in [0.1, 0.15) is 0 Å². The second-order valence-electron chi connectivity index (χ2n) is 4.16. The van der Waals surface area contributed by atoms with Gasteiger partial charge >= 0.3 is 6.03 Å². The van der Waals surface area contributed by atoms with Crippen LogP contribution >= 0.6 is 0 Å². The summed E-state index contributed by atoms with van der Waals surface area (Å²) in [6.07, 6.45) is -1.80. The van der Waals surface area contributed by atoms with E-state index in [4.69, 9.17) is 5.26 Å². The maximum absolute atomic E-state index is 11.8. The zero-order valence-corrected chi connectivity index (χ0v) is 9.58. The molecule has 0 saturated carbocycles. The molecule has 0 bridgehead atoms. The summed E-state index contributed by atoms with van der Waals surface area (Å²) in [5.41, 5.74) is 0.962. The molecule has 2 atom stereocenters. The lowest BCUT2D eigenvalue weighted by molar-refractivity contribution is 0.0572. The van der Waals surface area contributed by atoms with Crippen molar-refractivity contribution in [2.75, 3.05) is 18.4 Å². The van der Waals surface area contributed by atoms with E-state index in [2.05, 4.69) is 5.32 Å². The first-order chi connectivity index (χ1) is 8.60. The molecule has 1 aliphatic heterocycles. The van der Waals surface area contributed by atoms with Crippen LogP contribution in [0.1, 0.15) is 5.56 Å². The summed E-state index contributed by atoms with van der Waals surface area (Å²) < 4.78 is 0. The van der Waals surface area contributed by atoms with Crippen molar-refractivity contribution in [2.45, 2.75) is 12.2 Å². The molecule has 1 fully saturated rings. The van der Waals surface area contributed by atoms with E-state index in [0.29, 0.717) is 11.3 Å². The predicted octanol–water partition coefficient (Wildman–Crippen LogP) is 0.128. The van der Waals surface area contributed by atoms with Crippen LogP contribution < -0.4 is 5.32 Å². The number of urea groups is 1. The van der Waals surface area contributed by atoms with Crippen LogP contribution in [0.5, 0.6) is 0 Å². The van der Waals surface area contributed by atoms with Crippen LogP contribution in [0.25, 0.3) is 0 Å². The van der Waals surface area contributed by atoms with Crippen molar-refractivity contribution in [2.24, 2.45) is 0 Å². The number of nitrogens with zero attached hydrogens (tertiary/aromatic N) is 2. The largest absolute Gasteiger partial charge is 0.388 e. The molecule has 94 valence electrons. The van der Waals surface area contributed by atoms with E-state index in [1.165, 1.54) is 4.90 Å². The Labute approximate surface area is 104 Å². The number of aliphatic hydroxyl groups excluding tert-OH is 2. The van der Waals surface area contributed by atoms with Gasteiger partial charge in [0.2, 0.25) is 0 Å². The molecule has 2 unspecified atom stereocenters. The zero-order chi connectivity index (χ0) is 13.1. The highest BCUT2D eigenvalue weighted by atomic mass is 16.3. The van der Waals surface area contributed by atoms with E-state index in [9.17, 15) is 15.0 Å². The molecule has 6 heteroatoms. The Morgan fingerprint density at radius 3 is 2.67 bits per heavy atom. The SMILES string of the molecule is N#Cc1cccc(NC(=O)N2CC(O)C(O)C2)c1. The van der Waals surface area contributed by atoms with Gasteiger partial charge in [0.25, 0.3) is 0 Å². The van der Waals surface area contributed by atoms with Crippen molar-refractivity contribution >= 4 is 11.7 Å². The Bertz CT molecular complexity index is 488. The lowest BCUT2D eigenvalue weighted by Crippen LogP contribution is -2.33. The van der Waals surface area contributed by atoms with E-state index in [-0.39, 0.29) is 13.1 Å². The quantitative estimate of drug-likeness (QED) is 0.657. The number of nitriles is 1. The molecule has 2 amide bonds. The molecule has 1 aliphatic rings. The average Bonchev–Trinajstić information content (AvgIpc) is 2.70. The fourth-order valence-corrected chi connectivity index (χ4v) is 1.80. The second kappa shape index (κ2) is 5.04. The fraction of sp³-hybridized carbons (Fsp3) is 0.333. The van der Waals surface area contributed by atoms with E-state index in [1.54, 1.807) is 24.3 Å². The van der Waals surface area contributed by atoms with Gasteiger partial charge < -0.3 is 20.4 Å². The van der Waals surface area contributed by atoms with Crippen molar-refractivity contribution in [3.05, 3.63) is 29.8 Å². The first kappa shape index (κ1) is 12.4. The average molecular weight is 247 g/mol. The number of anilines is 1. The summed E-state index contributed by atoms with van der Waals surface area (Å²) in [6.45, 7) is 0.204. The van der Waals surface area contributed by atoms with Gasteiger partial charge in [0.05, 0.1) is 36.9 Å². The first-order valence-electron chi connectivity index (χ1n) is 5.52. The van der Waals surface area contributed by atoms with Crippen molar-refractivity contribution in [1.82, 2.24) is 4.90 Å². The zero-order valence-electron chi connectivity index (χ0n) is 9.58. The van der Waals surface area contributed by atoms with Gasteiger partial charge in [-0.3, -0.25) is 0 Å². The van der Waals surface area contributed by atoms with Crippen LogP contribution in [0.4, 0.5) is 10.5 Å². The molecule has 18 heavy (non-hydrogen) atoms. The topological polar surface area (TPSA) is 96.6 Å². The normalized spacial score (nSPS) is 22.6. The van der Waals surface area contributed by atoms with Crippen molar-refractivity contribution < 1.29 is 15.0 Å². The van der Waals surface area contributed by atoms with E-state index in [0.717, 1.165) is 0 Å². The lowest BCUT2D eigenvalue weighted by atomic mass is 10.2. The monoisotopic (exact) mass is 247 g/mol.